The lowest BCUT2D eigenvalue weighted by Crippen LogP contribution is -2.46. The Morgan fingerprint density at radius 1 is 1.24 bits per heavy atom. The Hall–Kier alpha value is -2.52. The number of carbonyl (C=O) groups excluding carboxylic acids is 2. The number of nitrogens with one attached hydrogen (secondary N) is 2. The molecule has 0 spiro atoms. The molecule has 2 unspecified atom stereocenters. The van der Waals surface area contributed by atoms with E-state index in [1.54, 1.807) is 6.07 Å². The van der Waals surface area contributed by atoms with Crippen LogP contribution in [0.2, 0.25) is 0 Å². The first-order chi connectivity index (χ1) is 13.7. The van der Waals surface area contributed by atoms with Gasteiger partial charge in [0.1, 0.15) is 6.33 Å². The lowest BCUT2D eigenvalue weighted by molar-refractivity contribution is -0.123. The highest BCUT2D eigenvalue weighted by Crippen LogP contribution is 2.19. The molecule has 4 rings (SSSR count). The Labute approximate surface area is 175 Å². The van der Waals surface area contributed by atoms with Crippen LogP contribution in [0.3, 0.4) is 0 Å². The Kier molecular flexibility index (Phi) is 7.16. The fourth-order valence-corrected chi connectivity index (χ4v) is 3.94. The third-order valence-corrected chi connectivity index (χ3v) is 5.45. The first-order valence-corrected chi connectivity index (χ1v) is 9.84. The normalized spacial score (nSPS) is 21.4. The van der Waals surface area contributed by atoms with Crippen molar-refractivity contribution in [3.05, 3.63) is 36.2 Å². The molecule has 2 aliphatic heterocycles. The van der Waals surface area contributed by atoms with Gasteiger partial charge in [0.15, 0.2) is 0 Å². The monoisotopic (exact) mass is 419 g/mol. The Morgan fingerprint density at radius 2 is 2.14 bits per heavy atom. The van der Waals surface area contributed by atoms with E-state index in [1.165, 1.54) is 11.0 Å². The van der Waals surface area contributed by atoms with Gasteiger partial charge < -0.3 is 15.5 Å². The SMILES string of the molecule is Cl.O=C(NCC1CCCN(C(=O)c2cccc(-n3cnnn3)c2)C1)C1CCCN1. The summed E-state index contributed by atoms with van der Waals surface area (Å²) in [6.07, 6.45) is 5.42. The van der Waals surface area contributed by atoms with Crippen LogP contribution in [0.5, 0.6) is 0 Å². The van der Waals surface area contributed by atoms with Crippen LogP contribution < -0.4 is 10.6 Å². The zero-order valence-electron chi connectivity index (χ0n) is 16.2. The zero-order valence-corrected chi connectivity index (χ0v) is 17.0. The van der Waals surface area contributed by atoms with Crippen LogP contribution in [-0.4, -0.2) is 69.1 Å². The van der Waals surface area contributed by atoms with E-state index in [0.717, 1.165) is 44.5 Å². The molecule has 156 valence electrons. The lowest BCUT2D eigenvalue weighted by atomic mass is 9.97. The molecule has 9 nitrogen and oxygen atoms in total. The molecule has 2 aliphatic rings. The van der Waals surface area contributed by atoms with Crippen molar-refractivity contribution in [2.45, 2.75) is 31.7 Å². The fraction of sp³-hybridized carbons (Fsp3) is 0.526. The highest BCUT2D eigenvalue weighted by Gasteiger charge is 2.27. The first-order valence-electron chi connectivity index (χ1n) is 9.84. The smallest absolute Gasteiger partial charge is 0.253 e. The third kappa shape index (κ3) is 5.10. The second-order valence-electron chi connectivity index (χ2n) is 7.46. The molecule has 1 aromatic carbocycles. The summed E-state index contributed by atoms with van der Waals surface area (Å²) in [4.78, 5) is 27.1. The van der Waals surface area contributed by atoms with Crippen molar-refractivity contribution in [2.75, 3.05) is 26.2 Å². The van der Waals surface area contributed by atoms with E-state index in [1.807, 2.05) is 23.1 Å². The van der Waals surface area contributed by atoms with Crippen molar-refractivity contribution >= 4 is 24.2 Å². The van der Waals surface area contributed by atoms with E-state index in [9.17, 15) is 9.59 Å². The van der Waals surface area contributed by atoms with E-state index in [-0.39, 0.29) is 36.2 Å². The summed E-state index contributed by atoms with van der Waals surface area (Å²) in [6, 6.07) is 7.25. The van der Waals surface area contributed by atoms with E-state index in [2.05, 4.69) is 26.2 Å². The average Bonchev–Trinajstić information content (AvgIpc) is 3.46. The summed E-state index contributed by atoms with van der Waals surface area (Å²) in [5, 5.41) is 17.4. The minimum Gasteiger partial charge on any atom is -0.354 e. The number of carbonyl (C=O) groups is 2. The summed E-state index contributed by atoms with van der Waals surface area (Å²) in [6.45, 7) is 2.92. The molecular weight excluding hydrogens is 394 g/mol. The number of piperidine rings is 1. The Bertz CT molecular complexity index is 824. The van der Waals surface area contributed by atoms with Gasteiger partial charge in [-0.3, -0.25) is 9.59 Å². The minimum absolute atomic E-state index is 0. The molecule has 0 bridgehead atoms. The van der Waals surface area contributed by atoms with Gasteiger partial charge >= 0.3 is 0 Å². The van der Waals surface area contributed by atoms with E-state index >= 15 is 0 Å². The summed E-state index contributed by atoms with van der Waals surface area (Å²) in [7, 11) is 0. The van der Waals surface area contributed by atoms with Gasteiger partial charge in [-0.1, -0.05) is 6.07 Å². The average molecular weight is 420 g/mol. The number of tetrazole rings is 1. The molecule has 1 aromatic heterocycles. The molecule has 10 heteroatoms. The van der Waals surface area contributed by atoms with Crippen LogP contribution >= 0.6 is 12.4 Å². The number of nitrogens with zero attached hydrogens (tertiary/aromatic N) is 5. The molecular formula is C19H26ClN7O2. The second-order valence-corrected chi connectivity index (χ2v) is 7.46. The largest absolute Gasteiger partial charge is 0.354 e. The number of benzene rings is 1. The highest BCUT2D eigenvalue weighted by molar-refractivity contribution is 5.94. The van der Waals surface area contributed by atoms with Crippen LogP contribution in [0.4, 0.5) is 0 Å². The van der Waals surface area contributed by atoms with Crippen LogP contribution in [0.25, 0.3) is 5.69 Å². The van der Waals surface area contributed by atoms with Gasteiger partial charge in [0, 0.05) is 25.2 Å². The third-order valence-electron chi connectivity index (χ3n) is 5.45. The number of halogens is 1. The van der Waals surface area contributed by atoms with Crippen molar-refractivity contribution in [3.63, 3.8) is 0 Å². The summed E-state index contributed by atoms with van der Waals surface area (Å²) >= 11 is 0. The van der Waals surface area contributed by atoms with Crippen molar-refractivity contribution < 1.29 is 9.59 Å². The molecule has 2 aromatic rings. The van der Waals surface area contributed by atoms with Gasteiger partial charge in [-0.15, -0.1) is 17.5 Å². The number of amides is 2. The number of aromatic nitrogens is 4. The molecule has 3 heterocycles. The maximum Gasteiger partial charge on any atom is 0.253 e. The number of hydrogen-bond acceptors (Lipinski definition) is 6. The molecule has 0 radical (unpaired) electrons. The van der Waals surface area contributed by atoms with Crippen molar-refractivity contribution in [3.8, 4) is 5.69 Å². The molecule has 2 atom stereocenters. The Balaban J connectivity index is 0.00000240. The van der Waals surface area contributed by atoms with Gasteiger partial charge in [0.2, 0.25) is 5.91 Å². The van der Waals surface area contributed by atoms with Crippen molar-refractivity contribution in [1.29, 1.82) is 0 Å². The quantitative estimate of drug-likeness (QED) is 0.742. The minimum atomic E-state index is -0.0599. The molecule has 0 aliphatic carbocycles. The summed E-state index contributed by atoms with van der Waals surface area (Å²) < 4.78 is 1.53. The highest BCUT2D eigenvalue weighted by atomic mass is 35.5. The molecule has 2 N–H and O–H groups in total. The zero-order chi connectivity index (χ0) is 19.3. The maximum absolute atomic E-state index is 13.0. The Morgan fingerprint density at radius 3 is 2.90 bits per heavy atom. The lowest BCUT2D eigenvalue weighted by Gasteiger charge is -2.33. The standard InChI is InChI=1S/C19H25N7O2.ClH/c27-18(17-7-2-8-20-17)21-11-14-4-3-9-25(12-14)19(28)15-5-1-6-16(10-15)26-13-22-23-24-26;/h1,5-6,10,13-14,17,20H,2-4,7-9,11-12H2,(H,21,27);1H. The molecule has 2 saturated heterocycles. The molecule has 2 amide bonds. The maximum atomic E-state index is 13.0. The second kappa shape index (κ2) is 9.80. The fourth-order valence-electron chi connectivity index (χ4n) is 3.94. The number of likely N-dealkylation sites (tertiary alicyclic amines) is 1. The van der Waals surface area contributed by atoms with Gasteiger partial charge in [0.25, 0.3) is 5.91 Å². The van der Waals surface area contributed by atoms with Crippen LogP contribution in [0, 0.1) is 5.92 Å². The number of rotatable bonds is 5. The molecule has 0 saturated carbocycles. The number of hydrogen-bond donors (Lipinski definition) is 2. The predicted octanol–water partition coefficient (Wildman–Crippen LogP) is 0.804. The van der Waals surface area contributed by atoms with E-state index < -0.39 is 0 Å². The van der Waals surface area contributed by atoms with Crippen LogP contribution in [0.15, 0.2) is 30.6 Å². The summed E-state index contributed by atoms with van der Waals surface area (Å²) in [5.74, 6) is 0.365. The van der Waals surface area contributed by atoms with Gasteiger partial charge in [-0.2, -0.15) is 0 Å². The first kappa shape index (κ1) is 21.2. The van der Waals surface area contributed by atoms with Gasteiger partial charge in [-0.05, 0) is 66.8 Å². The molecule has 2 fully saturated rings. The van der Waals surface area contributed by atoms with Crippen LogP contribution in [-0.2, 0) is 4.79 Å². The van der Waals surface area contributed by atoms with E-state index in [0.29, 0.717) is 18.7 Å². The predicted molar refractivity (Wildman–Crippen MR) is 109 cm³/mol. The van der Waals surface area contributed by atoms with Crippen LogP contribution in [0.1, 0.15) is 36.0 Å². The van der Waals surface area contributed by atoms with E-state index in [4.69, 9.17) is 0 Å². The van der Waals surface area contributed by atoms with Gasteiger partial charge in [-0.25, -0.2) is 4.68 Å². The summed E-state index contributed by atoms with van der Waals surface area (Å²) in [5.41, 5.74) is 1.37. The molecule has 29 heavy (non-hydrogen) atoms. The van der Waals surface area contributed by atoms with Gasteiger partial charge in [0.05, 0.1) is 11.7 Å². The topological polar surface area (TPSA) is 105 Å². The van der Waals surface area contributed by atoms with Crippen molar-refractivity contribution in [1.82, 2.24) is 35.7 Å². The van der Waals surface area contributed by atoms with Crippen molar-refractivity contribution in [2.24, 2.45) is 5.92 Å².